The van der Waals surface area contributed by atoms with Crippen molar-refractivity contribution in [2.45, 2.75) is 32.6 Å². The van der Waals surface area contributed by atoms with Gasteiger partial charge in [-0.3, -0.25) is 9.78 Å². The molecule has 0 fully saturated rings. The first-order chi connectivity index (χ1) is 12.2. The Morgan fingerprint density at radius 2 is 1.92 bits per heavy atom. The van der Waals surface area contributed by atoms with Gasteiger partial charge in [0, 0.05) is 25.0 Å². The number of carbonyl (C=O) groups is 1. The Bertz CT molecular complexity index is 656. The SMILES string of the molecule is CCCCCNC(=O)c1cc(NCCc2ccc(OC)cc2)ccn1. The van der Waals surface area contributed by atoms with Crippen LogP contribution in [0.25, 0.3) is 0 Å². The van der Waals surface area contributed by atoms with Crippen molar-refractivity contribution in [1.29, 1.82) is 0 Å². The summed E-state index contributed by atoms with van der Waals surface area (Å²) in [6.45, 7) is 3.63. The second-order valence-corrected chi connectivity index (χ2v) is 5.92. The van der Waals surface area contributed by atoms with Crippen LogP contribution in [0.1, 0.15) is 42.2 Å². The second kappa shape index (κ2) is 10.3. The van der Waals surface area contributed by atoms with Gasteiger partial charge in [-0.25, -0.2) is 0 Å². The number of benzene rings is 1. The number of pyridine rings is 1. The third-order valence-corrected chi connectivity index (χ3v) is 3.96. The lowest BCUT2D eigenvalue weighted by molar-refractivity contribution is 0.0948. The van der Waals surface area contributed by atoms with E-state index >= 15 is 0 Å². The van der Waals surface area contributed by atoms with Crippen molar-refractivity contribution in [2.75, 3.05) is 25.5 Å². The lowest BCUT2D eigenvalue weighted by atomic mass is 10.1. The van der Waals surface area contributed by atoms with E-state index in [1.54, 1.807) is 19.4 Å². The van der Waals surface area contributed by atoms with Crippen LogP contribution in [-0.2, 0) is 6.42 Å². The Kier molecular flexibility index (Phi) is 7.76. The van der Waals surface area contributed by atoms with E-state index in [4.69, 9.17) is 4.74 Å². The minimum absolute atomic E-state index is 0.116. The Morgan fingerprint density at radius 3 is 2.64 bits per heavy atom. The van der Waals surface area contributed by atoms with Gasteiger partial charge < -0.3 is 15.4 Å². The molecule has 2 aromatic rings. The van der Waals surface area contributed by atoms with Gasteiger partial charge in [-0.1, -0.05) is 31.9 Å². The largest absolute Gasteiger partial charge is 0.497 e. The van der Waals surface area contributed by atoms with Gasteiger partial charge in [0.2, 0.25) is 0 Å². The van der Waals surface area contributed by atoms with Crippen molar-refractivity contribution in [1.82, 2.24) is 10.3 Å². The van der Waals surface area contributed by atoms with Crippen LogP contribution < -0.4 is 15.4 Å². The fourth-order valence-corrected chi connectivity index (χ4v) is 2.48. The summed E-state index contributed by atoms with van der Waals surface area (Å²) >= 11 is 0. The fraction of sp³-hybridized carbons (Fsp3) is 0.400. The van der Waals surface area contributed by atoms with Crippen LogP contribution in [0.4, 0.5) is 5.69 Å². The number of aromatic nitrogens is 1. The Labute approximate surface area is 149 Å². The molecular formula is C20H27N3O2. The van der Waals surface area contributed by atoms with Crippen molar-refractivity contribution >= 4 is 11.6 Å². The lowest BCUT2D eigenvalue weighted by Gasteiger charge is -2.09. The molecule has 0 aliphatic carbocycles. The molecule has 1 aromatic heterocycles. The van der Waals surface area contributed by atoms with E-state index in [9.17, 15) is 4.79 Å². The molecule has 0 atom stereocenters. The average Bonchev–Trinajstić information content (AvgIpc) is 2.66. The van der Waals surface area contributed by atoms with E-state index in [2.05, 4.69) is 34.7 Å². The van der Waals surface area contributed by atoms with Crippen molar-refractivity contribution in [3.8, 4) is 5.75 Å². The summed E-state index contributed by atoms with van der Waals surface area (Å²) in [5.74, 6) is 0.746. The van der Waals surface area contributed by atoms with Crippen molar-refractivity contribution in [3.05, 3.63) is 53.9 Å². The molecule has 1 heterocycles. The number of hydrogen-bond donors (Lipinski definition) is 2. The molecule has 0 saturated carbocycles. The topological polar surface area (TPSA) is 63.2 Å². The first kappa shape index (κ1) is 18.8. The van der Waals surface area contributed by atoms with Gasteiger partial charge in [0.25, 0.3) is 5.91 Å². The first-order valence-electron chi connectivity index (χ1n) is 8.84. The van der Waals surface area contributed by atoms with E-state index in [0.29, 0.717) is 12.2 Å². The summed E-state index contributed by atoms with van der Waals surface area (Å²) in [7, 11) is 1.66. The first-order valence-corrected chi connectivity index (χ1v) is 8.84. The Morgan fingerprint density at radius 1 is 1.12 bits per heavy atom. The molecule has 0 aliphatic rings. The maximum atomic E-state index is 12.1. The highest BCUT2D eigenvalue weighted by Gasteiger charge is 2.07. The highest BCUT2D eigenvalue weighted by atomic mass is 16.5. The molecule has 25 heavy (non-hydrogen) atoms. The van der Waals surface area contributed by atoms with Gasteiger partial charge in [0.05, 0.1) is 7.11 Å². The van der Waals surface area contributed by atoms with Crippen LogP contribution >= 0.6 is 0 Å². The van der Waals surface area contributed by atoms with Crippen molar-refractivity contribution in [2.24, 2.45) is 0 Å². The van der Waals surface area contributed by atoms with Crippen LogP contribution in [0.3, 0.4) is 0 Å². The minimum Gasteiger partial charge on any atom is -0.497 e. The van der Waals surface area contributed by atoms with E-state index in [-0.39, 0.29) is 5.91 Å². The highest BCUT2D eigenvalue weighted by molar-refractivity contribution is 5.93. The minimum atomic E-state index is -0.116. The van der Waals surface area contributed by atoms with Crippen LogP contribution in [-0.4, -0.2) is 31.1 Å². The number of nitrogens with zero attached hydrogens (tertiary/aromatic N) is 1. The van der Waals surface area contributed by atoms with Crippen LogP contribution in [0.2, 0.25) is 0 Å². The Hall–Kier alpha value is -2.56. The number of amides is 1. The molecule has 2 N–H and O–H groups in total. The maximum Gasteiger partial charge on any atom is 0.269 e. The molecule has 5 nitrogen and oxygen atoms in total. The van der Waals surface area contributed by atoms with E-state index in [1.165, 1.54) is 5.56 Å². The molecular weight excluding hydrogens is 314 g/mol. The summed E-state index contributed by atoms with van der Waals surface area (Å²) in [4.78, 5) is 16.3. The molecule has 134 valence electrons. The number of nitrogens with one attached hydrogen (secondary N) is 2. The summed E-state index contributed by atoms with van der Waals surface area (Å²) in [5.41, 5.74) is 2.59. The summed E-state index contributed by atoms with van der Waals surface area (Å²) in [5, 5.41) is 6.25. The Balaban J connectivity index is 1.80. The number of unbranched alkanes of at least 4 members (excludes halogenated alkanes) is 2. The molecule has 0 spiro atoms. The molecule has 0 radical (unpaired) electrons. The third-order valence-electron chi connectivity index (χ3n) is 3.96. The van der Waals surface area contributed by atoms with Crippen molar-refractivity contribution < 1.29 is 9.53 Å². The normalized spacial score (nSPS) is 10.3. The lowest BCUT2D eigenvalue weighted by Crippen LogP contribution is -2.25. The maximum absolute atomic E-state index is 12.1. The third kappa shape index (κ3) is 6.45. The number of hydrogen-bond acceptors (Lipinski definition) is 4. The smallest absolute Gasteiger partial charge is 0.269 e. The fourth-order valence-electron chi connectivity index (χ4n) is 2.48. The molecule has 2 rings (SSSR count). The average molecular weight is 341 g/mol. The molecule has 1 aromatic carbocycles. The van der Waals surface area contributed by atoms with Crippen LogP contribution in [0.5, 0.6) is 5.75 Å². The van der Waals surface area contributed by atoms with Gasteiger partial charge in [0.1, 0.15) is 11.4 Å². The van der Waals surface area contributed by atoms with Crippen molar-refractivity contribution in [3.63, 3.8) is 0 Å². The molecule has 0 saturated heterocycles. The van der Waals surface area contributed by atoms with E-state index < -0.39 is 0 Å². The molecule has 1 amide bonds. The van der Waals surface area contributed by atoms with Gasteiger partial charge in [0.15, 0.2) is 0 Å². The van der Waals surface area contributed by atoms with Gasteiger partial charge >= 0.3 is 0 Å². The zero-order chi connectivity index (χ0) is 17.9. The predicted octanol–water partition coefficient (Wildman–Crippen LogP) is 3.66. The zero-order valence-electron chi connectivity index (χ0n) is 15.0. The highest BCUT2D eigenvalue weighted by Crippen LogP contribution is 2.13. The molecule has 0 bridgehead atoms. The number of rotatable bonds is 10. The van der Waals surface area contributed by atoms with E-state index in [1.807, 2.05) is 18.2 Å². The number of anilines is 1. The molecule has 5 heteroatoms. The van der Waals surface area contributed by atoms with Crippen LogP contribution in [0.15, 0.2) is 42.6 Å². The molecule has 0 aliphatic heterocycles. The second-order valence-electron chi connectivity index (χ2n) is 5.92. The van der Waals surface area contributed by atoms with Crippen LogP contribution in [0, 0.1) is 0 Å². The number of ether oxygens (including phenoxy) is 1. The predicted molar refractivity (Wildman–Crippen MR) is 101 cm³/mol. The van der Waals surface area contributed by atoms with Gasteiger partial charge in [-0.2, -0.15) is 0 Å². The monoisotopic (exact) mass is 341 g/mol. The molecule has 0 unspecified atom stereocenters. The summed E-state index contributed by atoms with van der Waals surface area (Å²) in [6, 6.07) is 11.7. The summed E-state index contributed by atoms with van der Waals surface area (Å²) in [6.07, 6.45) is 5.83. The standard InChI is InChI=1S/C20H27N3O2/c1-3-4-5-12-23-20(24)19-15-17(11-14-22-19)21-13-10-16-6-8-18(25-2)9-7-16/h6-9,11,14-15H,3-5,10,12-13H2,1-2H3,(H,21,22)(H,23,24). The quantitative estimate of drug-likeness (QED) is 0.647. The zero-order valence-corrected chi connectivity index (χ0v) is 15.0. The number of carbonyl (C=O) groups excluding carboxylic acids is 1. The van der Waals surface area contributed by atoms with Gasteiger partial charge in [-0.05, 0) is 42.7 Å². The van der Waals surface area contributed by atoms with Gasteiger partial charge in [-0.15, -0.1) is 0 Å². The summed E-state index contributed by atoms with van der Waals surface area (Å²) < 4.78 is 5.16. The number of methoxy groups -OCH3 is 1. The van der Waals surface area contributed by atoms with E-state index in [0.717, 1.165) is 43.7 Å².